The molecular weight excluding hydrogens is 262 g/mol. The Kier molecular flexibility index (Phi) is 3.36. The van der Waals surface area contributed by atoms with Gasteiger partial charge in [-0.2, -0.15) is 0 Å². The first-order valence-electron chi connectivity index (χ1n) is 7.08. The lowest BCUT2D eigenvalue weighted by Gasteiger charge is -2.22. The van der Waals surface area contributed by atoms with Crippen LogP contribution in [0.25, 0.3) is 0 Å². The van der Waals surface area contributed by atoms with E-state index in [-0.39, 0.29) is 23.2 Å². The number of halogens is 2. The highest BCUT2D eigenvalue weighted by Crippen LogP contribution is 2.36. The van der Waals surface area contributed by atoms with E-state index in [1.807, 2.05) is 0 Å². The van der Waals surface area contributed by atoms with Crippen LogP contribution in [0.1, 0.15) is 36.0 Å². The topological polar surface area (TPSA) is 32.3 Å². The predicted octanol–water partition coefficient (Wildman–Crippen LogP) is 3.02. The molecule has 1 N–H and O–H groups in total. The molecule has 0 unspecified atom stereocenters. The van der Waals surface area contributed by atoms with Crippen LogP contribution in [-0.2, 0) is 0 Å². The van der Waals surface area contributed by atoms with Gasteiger partial charge in [-0.15, -0.1) is 0 Å². The Morgan fingerprint density at radius 3 is 2.30 bits per heavy atom. The van der Waals surface area contributed by atoms with Gasteiger partial charge in [-0.3, -0.25) is 4.79 Å². The Morgan fingerprint density at radius 2 is 1.85 bits per heavy atom. The molecule has 5 heteroatoms. The summed E-state index contributed by atoms with van der Waals surface area (Å²) >= 11 is 0. The molecule has 108 valence electrons. The summed E-state index contributed by atoms with van der Waals surface area (Å²) in [6, 6.07) is 2.51. The van der Waals surface area contributed by atoms with Crippen LogP contribution in [0, 0.1) is 17.6 Å². The summed E-state index contributed by atoms with van der Waals surface area (Å²) in [5.74, 6) is -1.12. The van der Waals surface area contributed by atoms with Crippen molar-refractivity contribution in [1.29, 1.82) is 0 Å². The van der Waals surface area contributed by atoms with Gasteiger partial charge in [0.2, 0.25) is 0 Å². The molecule has 0 aromatic heterocycles. The molecule has 2 aliphatic rings. The Morgan fingerprint density at radius 1 is 1.25 bits per heavy atom. The third-order valence-electron chi connectivity index (χ3n) is 3.94. The fourth-order valence-electron chi connectivity index (χ4n) is 2.46. The number of nitrogens with zero attached hydrogens (tertiary/aromatic N) is 1. The van der Waals surface area contributed by atoms with Crippen LogP contribution in [-0.4, -0.2) is 30.4 Å². The molecule has 2 aliphatic carbocycles. The maximum atomic E-state index is 13.8. The van der Waals surface area contributed by atoms with E-state index in [0.29, 0.717) is 5.92 Å². The van der Waals surface area contributed by atoms with Crippen LogP contribution < -0.4 is 5.32 Å². The Balaban J connectivity index is 1.84. The van der Waals surface area contributed by atoms with Crippen molar-refractivity contribution < 1.29 is 13.6 Å². The first kappa shape index (κ1) is 13.3. The van der Waals surface area contributed by atoms with Crippen molar-refractivity contribution in [2.24, 2.45) is 5.92 Å². The van der Waals surface area contributed by atoms with E-state index < -0.39 is 11.6 Å². The number of hydrogen-bond acceptors (Lipinski definition) is 2. The van der Waals surface area contributed by atoms with Gasteiger partial charge in [-0.1, -0.05) is 0 Å². The van der Waals surface area contributed by atoms with Crippen molar-refractivity contribution in [3.05, 3.63) is 29.3 Å². The van der Waals surface area contributed by atoms with Crippen molar-refractivity contribution >= 4 is 11.6 Å². The second kappa shape index (κ2) is 5.04. The lowest BCUT2D eigenvalue weighted by Crippen LogP contribution is -2.35. The average molecular weight is 280 g/mol. The molecule has 0 radical (unpaired) electrons. The molecule has 0 atom stereocenters. The zero-order chi connectivity index (χ0) is 14.3. The van der Waals surface area contributed by atoms with Crippen molar-refractivity contribution in [2.45, 2.75) is 31.7 Å². The predicted molar refractivity (Wildman–Crippen MR) is 72.7 cm³/mol. The molecule has 3 nitrogen and oxygen atoms in total. The zero-order valence-corrected chi connectivity index (χ0v) is 11.5. The fraction of sp³-hybridized carbons (Fsp3) is 0.533. The van der Waals surface area contributed by atoms with Gasteiger partial charge in [0.25, 0.3) is 5.91 Å². The first-order valence-corrected chi connectivity index (χ1v) is 7.08. The standard InChI is InChI=1S/C15H18F2N2O/c1-18-14-12(16)6-10(7-13(14)17)15(20)19(11-4-5-11)8-9-2-3-9/h6-7,9,11,18H,2-5,8H2,1H3. The highest BCUT2D eigenvalue weighted by molar-refractivity contribution is 5.95. The van der Waals surface area contributed by atoms with Gasteiger partial charge in [-0.25, -0.2) is 8.78 Å². The number of anilines is 1. The average Bonchev–Trinajstić information content (AvgIpc) is 3.26. The highest BCUT2D eigenvalue weighted by atomic mass is 19.1. The summed E-state index contributed by atoms with van der Waals surface area (Å²) in [7, 11) is 1.45. The minimum Gasteiger partial charge on any atom is -0.383 e. The molecule has 0 aliphatic heterocycles. The van der Waals surface area contributed by atoms with Crippen LogP contribution >= 0.6 is 0 Å². The molecule has 0 saturated heterocycles. The molecule has 0 spiro atoms. The molecule has 20 heavy (non-hydrogen) atoms. The van der Waals surface area contributed by atoms with Crippen LogP contribution in [0.2, 0.25) is 0 Å². The van der Waals surface area contributed by atoms with E-state index in [9.17, 15) is 13.6 Å². The number of hydrogen-bond donors (Lipinski definition) is 1. The van der Waals surface area contributed by atoms with E-state index in [2.05, 4.69) is 5.32 Å². The molecule has 3 rings (SSSR count). The second-order valence-corrected chi connectivity index (χ2v) is 5.70. The minimum atomic E-state index is -0.724. The zero-order valence-electron chi connectivity index (χ0n) is 11.5. The third kappa shape index (κ3) is 2.62. The Hall–Kier alpha value is -1.65. The number of nitrogens with one attached hydrogen (secondary N) is 1. The van der Waals surface area contributed by atoms with Gasteiger partial charge < -0.3 is 10.2 Å². The Bertz CT molecular complexity index is 516. The van der Waals surface area contributed by atoms with Crippen molar-refractivity contribution in [3.8, 4) is 0 Å². The van der Waals surface area contributed by atoms with Crippen LogP contribution in [0.5, 0.6) is 0 Å². The summed E-state index contributed by atoms with van der Waals surface area (Å²) in [6.07, 6.45) is 4.30. The summed E-state index contributed by atoms with van der Waals surface area (Å²) in [4.78, 5) is 14.3. The van der Waals surface area contributed by atoms with E-state index in [0.717, 1.165) is 44.4 Å². The normalized spacial score (nSPS) is 17.9. The SMILES string of the molecule is CNc1c(F)cc(C(=O)N(CC2CC2)C2CC2)cc1F. The maximum absolute atomic E-state index is 13.8. The second-order valence-electron chi connectivity index (χ2n) is 5.70. The highest BCUT2D eigenvalue weighted by Gasteiger charge is 2.37. The third-order valence-corrected chi connectivity index (χ3v) is 3.94. The van der Waals surface area contributed by atoms with E-state index in [4.69, 9.17) is 0 Å². The van der Waals surface area contributed by atoms with Crippen LogP contribution in [0.15, 0.2) is 12.1 Å². The molecule has 1 amide bonds. The van der Waals surface area contributed by atoms with E-state index in [1.54, 1.807) is 4.90 Å². The number of carbonyl (C=O) groups is 1. The molecule has 1 aromatic rings. The number of amides is 1. The van der Waals surface area contributed by atoms with E-state index >= 15 is 0 Å². The summed E-state index contributed by atoms with van der Waals surface area (Å²) in [6.45, 7) is 0.723. The first-order chi connectivity index (χ1) is 9.60. The number of rotatable bonds is 5. The fourth-order valence-corrected chi connectivity index (χ4v) is 2.46. The molecular formula is C15H18F2N2O. The summed E-state index contributed by atoms with van der Waals surface area (Å²) < 4.78 is 27.5. The van der Waals surface area contributed by atoms with Gasteiger partial charge in [0.05, 0.1) is 0 Å². The van der Waals surface area contributed by atoms with Crippen molar-refractivity contribution in [2.75, 3.05) is 18.9 Å². The van der Waals surface area contributed by atoms with Gasteiger partial charge >= 0.3 is 0 Å². The lowest BCUT2D eigenvalue weighted by atomic mass is 10.1. The Labute approximate surface area is 117 Å². The van der Waals surface area contributed by atoms with Gasteiger partial charge in [0.15, 0.2) is 0 Å². The molecule has 2 fully saturated rings. The summed E-state index contributed by atoms with van der Waals surface area (Å²) in [5.41, 5.74) is -0.0896. The van der Waals surface area contributed by atoms with Gasteiger partial charge in [0.1, 0.15) is 17.3 Å². The van der Waals surface area contributed by atoms with Crippen LogP contribution in [0.3, 0.4) is 0 Å². The smallest absolute Gasteiger partial charge is 0.254 e. The van der Waals surface area contributed by atoms with Gasteiger partial charge in [-0.05, 0) is 43.7 Å². The van der Waals surface area contributed by atoms with Crippen LogP contribution in [0.4, 0.5) is 14.5 Å². The van der Waals surface area contributed by atoms with Crippen molar-refractivity contribution in [3.63, 3.8) is 0 Å². The van der Waals surface area contributed by atoms with Crippen molar-refractivity contribution in [1.82, 2.24) is 4.90 Å². The molecule has 1 aromatic carbocycles. The monoisotopic (exact) mass is 280 g/mol. The largest absolute Gasteiger partial charge is 0.383 e. The summed E-state index contributed by atoms with van der Waals surface area (Å²) in [5, 5.41) is 2.46. The number of carbonyl (C=O) groups excluding carboxylic acids is 1. The van der Waals surface area contributed by atoms with E-state index in [1.165, 1.54) is 7.05 Å². The molecule has 0 heterocycles. The van der Waals surface area contributed by atoms with Gasteiger partial charge in [0, 0.05) is 25.2 Å². The maximum Gasteiger partial charge on any atom is 0.254 e. The minimum absolute atomic E-state index is 0.103. The lowest BCUT2D eigenvalue weighted by molar-refractivity contribution is 0.0734. The molecule has 0 bridgehead atoms. The number of benzene rings is 1. The molecule has 2 saturated carbocycles. The quantitative estimate of drug-likeness (QED) is 0.899.